The Bertz CT molecular complexity index is 583. The van der Waals surface area contributed by atoms with E-state index in [2.05, 4.69) is 65.0 Å². The van der Waals surface area contributed by atoms with Gasteiger partial charge in [-0.05, 0) is 49.7 Å². The zero-order valence-electron chi connectivity index (χ0n) is 12.2. The van der Waals surface area contributed by atoms with Crippen molar-refractivity contribution in [3.8, 4) is 5.75 Å². The lowest BCUT2D eigenvalue weighted by Crippen LogP contribution is -2.22. The number of ether oxygens (including phenoxy) is 1. The highest BCUT2D eigenvalue weighted by Gasteiger charge is 2.10. The smallest absolute Gasteiger partial charge is 0.123 e. The summed E-state index contributed by atoms with van der Waals surface area (Å²) in [6, 6.07) is 14.7. The molecule has 106 valence electrons. The number of hydrogen-bond acceptors (Lipinski definition) is 2. The predicted octanol–water partition coefficient (Wildman–Crippen LogP) is 4.79. The highest BCUT2D eigenvalue weighted by Crippen LogP contribution is 2.26. The average Bonchev–Trinajstić information content (AvgIpc) is 2.45. The molecule has 0 saturated heterocycles. The van der Waals surface area contributed by atoms with Gasteiger partial charge in [0.2, 0.25) is 0 Å². The molecule has 0 aromatic heterocycles. The van der Waals surface area contributed by atoms with Gasteiger partial charge in [0.05, 0.1) is 7.11 Å². The highest BCUT2D eigenvalue weighted by atomic mass is 79.9. The second kappa shape index (κ2) is 6.80. The summed E-state index contributed by atoms with van der Waals surface area (Å²) in [5, 5.41) is 0. The number of anilines is 1. The zero-order valence-corrected chi connectivity index (χ0v) is 13.8. The van der Waals surface area contributed by atoms with Gasteiger partial charge in [0, 0.05) is 28.8 Å². The molecule has 2 rings (SSSR count). The van der Waals surface area contributed by atoms with Crippen LogP contribution in [0, 0.1) is 6.92 Å². The maximum Gasteiger partial charge on any atom is 0.123 e. The summed E-state index contributed by atoms with van der Waals surface area (Å²) in [6.07, 6.45) is 0. The van der Waals surface area contributed by atoms with Crippen molar-refractivity contribution in [2.45, 2.75) is 20.4 Å². The molecule has 0 aliphatic carbocycles. The van der Waals surface area contributed by atoms with Crippen LogP contribution in [0.25, 0.3) is 0 Å². The van der Waals surface area contributed by atoms with Crippen LogP contribution < -0.4 is 9.64 Å². The molecule has 2 nitrogen and oxygen atoms in total. The van der Waals surface area contributed by atoms with Crippen molar-refractivity contribution in [2.24, 2.45) is 0 Å². The van der Waals surface area contributed by atoms with Crippen molar-refractivity contribution in [1.29, 1.82) is 0 Å². The summed E-state index contributed by atoms with van der Waals surface area (Å²) in [7, 11) is 1.72. The van der Waals surface area contributed by atoms with E-state index in [1.165, 1.54) is 16.8 Å². The Morgan fingerprint density at radius 1 is 1.15 bits per heavy atom. The number of aryl methyl sites for hydroxylation is 1. The molecule has 0 unspecified atom stereocenters. The standard InChI is InChI=1S/C17H20BrNO/c1-4-19(16-7-5-6-13(2)10-16)12-14-11-15(18)8-9-17(14)20-3/h5-11H,4,12H2,1-3H3. The quantitative estimate of drug-likeness (QED) is 0.779. The molecular weight excluding hydrogens is 314 g/mol. The molecule has 0 spiro atoms. The lowest BCUT2D eigenvalue weighted by molar-refractivity contribution is 0.409. The van der Waals surface area contributed by atoms with E-state index in [9.17, 15) is 0 Å². The first-order chi connectivity index (χ1) is 9.63. The Kier molecular flexibility index (Phi) is 5.07. The molecule has 0 radical (unpaired) electrons. The topological polar surface area (TPSA) is 12.5 Å². The molecule has 0 heterocycles. The summed E-state index contributed by atoms with van der Waals surface area (Å²) < 4.78 is 6.54. The number of halogens is 1. The maximum atomic E-state index is 5.46. The highest BCUT2D eigenvalue weighted by molar-refractivity contribution is 9.10. The van der Waals surface area contributed by atoms with E-state index in [-0.39, 0.29) is 0 Å². The van der Waals surface area contributed by atoms with Crippen LogP contribution in [0.5, 0.6) is 5.75 Å². The van der Waals surface area contributed by atoms with Gasteiger partial charge in [-0.15, -0.1) is 0 Å². The molecule has 0 aliphatic heterocycles. The molecule has 0 bridgehead atoms. The largest absolute Gasteiger partial charge is 0.496 e. The second-order valence-electron chi connectivity index (χ2n) is 4.81. The van der Waals surface area contributed by atoms with Crippen molar-refractivity contribution in [1.82, 2.24) is 0 Å². The molecule has 0 fully saturated rings. The van der Waals surface area contributed by atoms with Crippen molar-refractivity contribution in [3.05, 3.63) is 58.1 Å². The fourth-order valence-electron chi connectivity index (χ4n) is 2.29. The minimum atomic E-state index is 0.836. The molecule has 2 aromatic rings. The molecule has 2 aromatic carbocycles. The average molecular weight is 334 g/mol. The molecular formula is C17H20BrNO. The van der Waals surface area contributed by atoms with Crippen LogP contribution in [0.4, 0.5) is 5.69 Å². The van der Waals surface area contributed by atoms with E-state index < -0.39 is 0 Å². The van der Waals surface area contributed by atoms with Crippen molar-refractivity contribution < 1.29 is 4.74 Å². The van der Waals surface area contributed by atoms with Gasteiger partial charge in [-0.1, -0.05) is 28.1 Å². The first-order valence-electron chi connectivity index (χ1n) is 6.78. The van der Waals surface area contributed by atoms with Crippen LogP contribution in [0.2, 0.25) is 0 Å². The van der Waals surface area contributed by atoms with Crippen molar-refractivity contribution in [3.63, 3.8) is 0 Å². The van der Waals surface area contributed by atoms with Gasteiger partial charge in [-0.2, -0.15) is 0 Å². The van der Waals surface area contributed by atoms with Crippen LogP contribution in [-0.4, -0.2) is 13.7 Å². The Morgan fingerprint density at radius 2 is 1.95 bits per heavy atom. The molecule has 20 heavy (non-hydrogen) atoms. The van der Waals surface area contributed by atoms with Gasteiger partial charge >= 0.3 is 0 Å². The predicted molar refractivity (Wildman–Crippen MR) is 88.6 cm³/mol. The Hall–Kier alpha value is -1.48. The lowest BCUT2D eigenvalue weighted by atomic mass is 10.1. The Morgan fingerprint density at radius 3 is 2.60 bits per heavy atom. The fraction of sp³-hybridized carbons (Fsp3) is 0.294. The molecule has 0 saturated carbocycles. The molecule has 0 aliphatic rings. The van der Waals surface area contributed by atoms with Gasteiger partial charge in [-0.25, -0.2) is 0 Å². The Labute approximate surface area is 129 Å². The third-order valence-electron chi connectivity index (χ3n) is 3.35. The first kappa shape index (κ1) is 14.9. The first-order valence-corrected chi connectivity index (χ1v) is 7.57. The zero-order chi connectivity index (χ0) is 14.5. The number of hydrogen-bond donors (Lipinski definition) is 0. The van der Waals surface area contributed by atoms with Crippen LogP contribution >= 0.6 is 15.9 Å². The van der Waals surface area contributed by atoms with E-state index in [0.717, 1.165) is 23.3 Å². The van der Waals surface area contributed by atoms with Crippen molar-refractivity contribution in [2.75, 3.05) is 18.6 Å². The van der Waals surface area contributed by atoms with Crippen LogP contribution in [-0.2, 0) is 6.54 Å². The summed E-state index contributed by atoms with van der Waals surface area (Å²) in [5.74, 6) is 0.930. The van der Waals surface area contributed by atoms with Gasteiger partial charge in [0.25, 0.3) is 0 Å². The van der Waals surface area contributed by atoms with Crippen LogP contribution in [0.15, 0.2) is 46.9 Å². The number of methoxy groups -OCH3 is 1. The van der Waals surface area contributed by atoms with Gasteiger partial charge in [-0.3, -0.25) is 0 Å². The van der Waals surface area contributed by atoms with Crippen LogP contribution in [0.3, 0.4) is 0 Å². The van der Waals surface area contributed by atoms with Gasteiger partial charge in [0.15, 0.2) is 0 Å². The Balaban J connectivity index is 2.28. The number of rotatable bonds is 5. The molecule has 0 atom stereocenters. The minimum Gasteiger partial charge on any atom is -0.496 e. The lowest BCUT2D eigenvalue weighted by Gasteiger charge is -2.24. The van der Waals surface area contributed by atoms with E-state index in [1.807, 2.05) is 12.1 Å². The summed E-state index contributed by atoms with van der Waals surface area (Å²) >= 11 is 3.53. The van der Waals surface area contributed by atoms with Crippen molar-refractivity contribution >= 4 is 21.6 Å². The summed E-state index contributed by atoms with van der Waals surface area (Å²) in [4.78, 5) is 2.34. The normalized spacial score (nSPS) is 10.4. The summed E-state index contributed by atoms with van der Waals surface area (Å²) in [6.45, 7) is 6.09. The van der Waals surface area contributed by atoms with E-state index in [1.54, 1.807) is 7.11 Å². The third kappa shape index (κ3) is 3.54. The van der Waals surface area contributed by atoms with E-state index in [4.69, 9.17) is 4.74 Å². The molecule has 0 amide bonds. The van der Waals surface area contributed by atoms with E-state index >= 15 is 0 Å². The number of nitrogens with zero attached hydrogens (tertiary/aromatic N) is 1. The number of benzene rings is 2. The van der Waals surface area contributed by atoms with Crippen LogP contribution in [0.1, 0.15) is 18.1 Å². The second-order valence-corrected chi connectivity index (χ2v) is 5.73. The molecule has 0 N–H and O–H groups in total. The molecule has 3 heteroatoms. The van der Waals surface area contributed by atoms with Gasteiger partial charge < -0.3 is 9.64 Å². The van der Waals surface area contributed by atoms with Gasteiger partial charge in [0.1, 0.15) is 5.75 Å². The monoisotopic (exact) mass is 333 g/mol. The third-order valence-corrected chi connectivity index (χ3v) is 3.85. The van der Waals surface area contributed by atoms with E-state index in [0.29, 0.717) is 0 Å². The minimum absolute atomic E-state index is 0.836. The summed E-state index contributed by atoms with van der Waals surface area (Å²) in [5.41, 5.74) is 3.71. The fourth-order valence-corrected chi connectivity index (χ4v) is 2.70. The maximum absolute atomic E-state index is 5.46. The SMILES string of the molecule is CCN(Cc1cc(Br)ccc1OC)c1cccc(C)c1.